The lowest BCUT2D eigenvalue weighted by Crippen LogP contribution is -2.68. The highest BCUT2D eigenvalue weighted by molar-refractivity contribution is 5.69. The van der Waals surface area contributed by atoms with Gasteiger partial charge in [-0.1, -0.05) is 83.6 Å². The van der Waals surface area contributed by atoms with Gasteiger partial charge in [-0.2, -0.15) is 0 Å². The van der Waals surface area contributed by atoms with Crippen LogP contribution in [0.2, 0.25) is 0 Å². The van der Waals surface area contributed by atoms with Crippen LogP contribution in [0, 0.1) is 22.7 Å². The van der Waals surface area contributed by atoms with Crippen molar-refractivity contribution in [3.63, 3.8) is 0 Å². The number of allylic oxidation sites excluding steroid dienone is 3. The maximum atomic E-state index is 13.2. The van der Waals surface area contributed by atoms with Gasteiger partial charge in [0.25, 0.3) is 0 Å². The predicted molar refractivity (Wildman–Crippen MR) is 161 cm³/mol. The molecule has 0 aromatic carbocycles. The minimum absolute atomic E-state index is 0.267. The third-order valence-corrected chi connectivity index (χ3v) is 9.98. The van der Waals surface area contributed by atoms with Crippen LogP contribution in [0.25, 0.3) is 0 Å². The van der Waals surface area contributed by atoms with Crippen molar-refractivity contribution in [3.05, 3.63) is 36.0 Å². The molecule has 8 nitrogen and oxygen atoms in total. The van der Waals surface area contributed by atoms with Gasteiger partial charge in [0.05, 0.1) is 11.5 Å². The van der Waals surface area contributed by atoms with Crippen molar-refractivity contribution < 1.29 is 38.7 Å². The first-order chi connectivity index (χ1) is 20.0. The van der Waals surface area contributed by atoms with Crippen LogP contribution in [0.4, 0.5) is 0 Å². The van der Waals surface area contributed by atoms with Crippen molar-refractivity contribution in [2.75, 3.05) is 6.61 Å². The van der Waals surface area contributed by atoms with Gasteiger partial charge >= 0.3 is 11.9 Å². The minimum atomic E-state index is -1.20. The van der Waals surface area contributed by atoms with Gasteiger partial charge in [-0.3, -0.25) is 9.59 Å². The van der Waals surface area contributed by atoms with Gasteiger partial charge in [0, 0.05) is 31.4 Å². The fourth-order valence-corrected chi connectivity index (χ4v) is 7.47. The molecule has 0 amide bonds. The van der Waals surface area contributed by atoms with Crippen LogP contribution in [0.3, 0.4) is 0 Å². The summed E-state index contributed by atoms with van der Waals surface area (Å²) < 4.78 is 24.1. The van der Waals surface area contributed by atoms with Crippen LogP contribution >= 0.6 is 0 Å². The van der Waals surface area contributed by atoms with E-state index in [2.05, 4.69) is 26.5 Å². The molecule has 8 heteroatoms. The minimum Gasteiger partial charge on any atom is -0.459 e. The lowest BCUT2D eigenvalue weighted by atomic mass is 9.44. The van der Waals surface area contributed by atoms with E-state index in [1.54, 1.807) is 12.2 Å². The van der Waals surface area contributed by atoms with Gasteiger partial charge in [0.2, 0.25) is 6.29 Å². The molecular formula is C34H54O8. The molecule has 3 rings (SSSR count). The molecule has 1 saturated heterocycles. The molecule has 9 atom stereocenters. The first-order valence-electron chi connectivity index (χ1n) is 16.0. The third kappa shape index (κ3) is 7.03. The Balaban J connectivity index is 2.00. The number of hydrogen-bond acceptors (Lipinski definition) is 8. The van der Waals surface area contributed by atoms with Crippen LogP contribution in [-0.4, -0.2) is 59.7 Å². The highest BCUT2D eigenvalue weighted by atomic mass is 16.8. The Labute approximate surface area is 252 Å². The summed E-state index contributed by atoms with van der Waals surface area (Å²) >= 11 is 0. The zero-order chi connectivity index (χ0) is 31.1. The number of unbranched alkanes of at least 4 members (excludes halogenated alkanes) is 6. The Morgan fingerprint density at radius 3 is 2.38 bits per heavy atom. The Hall–Kier alpha value is -2.00. The van der Waals surface area contributed by atoms with E-state index in [4.69, 9.17) is 18.9 Å². The number of hydrogen-bond donors (Lipinski definition) is 2. The fraction of sp³-hybridized carbons (Fsp3) is 0.765. The molecule has 42 heavy (non-hydrogen) atoms. The topological polar surface area (TPSA) is 112 Å². The summed E-state index contributed by atoms with van der Waals surface area (Å²) in [6.45, 7) is 15.6. The Morgan fingerprint density at radius 2 is 1.76 bits per heavy atom. The quantitative estimate of drug-likeness (QED) is 0.101. The SMILES string of the molecule is C=C/C(C)=C\C[C@@]1(C)[C@@H]2CC(O)C=C3C(OC(C)=O)OC(OCC)[C@@]32C(O)C(OC(=O)CCCCCCCCC)[C@@H]1C. The maximum absolute atomic E-state index is 13.2. The zero-order valence-electron chi connectivity index (χ0n) is 26.6. The summed E-state index contributed by atoms with van der Waals surface area (Å²) in [5, 5.41) is 23.4. The van der Waals surface area contributed by atoms with E-state index in [0.29, 0.717) is 25.0 Å². The maximum Gasteiger partial charge on any atom is 0.306 e. The van der Waals surface area contributed by atoms with Gasteiger partial charge in [-0.05, 0) is 50.5 Å². The summed E-state index contributed by atoms with van der Waals surface area (Å²) in [6, 6.07) is 0. The number of rotatable bonds is 15. The molecule has 0 radical (unpaired) electrons. The number of aliphatic hydroxyl groups is 2. The van der Waals surface area contributed by atoms with Crippen LogP contribution < -0.4 is 0 Å². The van der Waals surface area contributed by atoms with E-state index in [-0.39, 0.29) is 24.2 Å². The van der Waals surface area contributed by atoms with Crippen LogP contribution in [0.1, 0.15) is 106 Å². The molecule has 5 unspecified atom stereocenters. The van der Waals surface area contributed by atoms with Crippen molar-refractivity contribution in [3.8, 4) is 0 Å². The molecule has 1 heterocycles. The second-order valence-electron chi connectivity index (χ2n) is 12.7. The van der Waals surface area contributed by atoms with Crippen molar-refractivity contribution in [1.29, 1.82) is 0 Å². The lowest BCUT2D eigenvalue weighted by Gasteiger charge is -2.62. The van der Waals surface area contributed by atoms with Gasteiger partial charge in [0.15, 0.2) is 6.29 Å². The second kappa shape index (κ2) is 15.1. The fourth-order valence-electron chi connectivity index (χ4n) is 7.47. The number of esters is 2. The summed E-state index contributed by atoms with van der Waals surface area (Å²) in [4.78, 5) is 25.3. The van der Waals surface area contributed by atoms with E-state index in [9.17, 15) is 19.8 Å². The Morgan fingerprint density at radius 1 is 1.10 bits per heavy atom. The number of carbonyl (C=O) groups excluding carboxylic acids is 2. The molecular weight excluding hydrogens is 536 g/mol. The molecule has 3 aliphatic rings. The first kappa shape index (κ1) is 34.5. The summed E-state index contributed by atoms with van der Waals surface area (Å²) in [7, 11) is 0. The average Bonchev–Trinajstić information content (AvgIpc) is 3.24. The molecule has 2 aliphatic carbocycles. The van der Waals surface area contributed by atoms with E-state index >= 15 is 0 Å². The number of ether oxygens (including phenoxy) is 4. The van der Waals surface area contributed by atoms with Gasteiger partial charge in [-0.15, -0.1) is 0 Å². The van der Waals surface area contributed by atoms with Crippen molar-refractivity contribution in [2.45, 2.75) is 137 Å². The van der Waals surface area contributed by atoms with Crippen molar-refractivity contribution in [2.24, 2.45) is 22.7 Å². The van der Waals surface area contributed by atoms with E-state index in [0.717, 1.165) is 24.8 Å². The molecule has 1 spiro atoms. The van der Waals surface area contributed by atoms with Crippen LogP contribution in [0.5, 0.6) is 0 Å². The Bertz CT molecular complexity index is 1000. The van der Waals surface area contributed by atoms with Gasteiger partial charge in [-0.25, -0.2) is 0 Å². The predicted octanol–water partition coefficient (Wildman–Crippen LogP) is 6.15. The summed E-state index contributed by atoms with van der Waals surface area (Å²) in [6.07, 6.45) is 9.38. The van der Waals surface area contributed by atoms with Gasteiger partial charge < -0.3 is 29.2 Å². The largest absolute Gasteiger partial charge is 0.459 e. The third-order valence-electron chi connectivity index (χ3n) is 9.98. The molecule has 0 aromatic heterocycles. The smallest absolute Gasteiger partial charge is 0.306 e. The number of aliphatic hydroxyl groups excluding tert-OH is 2. The Kier molecular flexibility index (Phi) is 12.4. The van der Waals surface area contributed by atoms with Crippen molar-refractivity contribution in [1.82, 2.24) is 0 Å². The average molecular weight is 591 g/mol. The molecule has 2 N–H and O–H groups in total. The van der Waals surface area contributed by atoms with E-state index < -0.39 is 47.7 Å². The zero-order valence-corrected chi connectivity index (χ0v) is 26.6. The normalized spacial score (nSPS) is 36.0. The second-order valence-corrected chi connectivity index (χ2v) is 12.7. The molecule has 0 bridgehead atoms. The molecule has 1 saturated carbocycles. The number of carbonyl (C=O) groups is 2. The summed E-state index contributed by atoms with van der Waals surface area (Å²) in [5.41, 5.74) is -0.275. The molecule has 238 valence electrons. The molecule has 0 aromatic rings. The van der Waals surface area contributed by atoms with E-state index in [1.165, 1.54) is 32.6 Å². The van der Waals surface area contributed by atoms with Crippen LogP contribution in [0.15, 0.2) is 36.0 Å². The summed E-state index contributed by atoms with van der Waals surface area (Å²) in [5.74, 6) is -1.49. The van der Waals surface area contributed by atoms with E-state index in [1.807, 2.05) is 20.8 Å². The standard InChI is InChI=1S/C34H54O8/c1-8-11-12-13-14-15-16-17-28(37)41-29-23(5)33(7,19-18-22(4)9-2)27-21-25(36)20-26-31(40-24(6)35)42-32(39-10-3)34(26,27)30(29)38/h9,18,20,23,25,27,29-32,36,38H,2,8,10-17,19,21H2,1,3-7H3/b22-18-/t23-,25?,27-,29?,30?,31?,32?,33+,34-/m0/s1. The highest BCUT2D eigenvalue weighted by Crippen LogP contribution is 2.67. The van der Waals surface area contributed by atoms with Crippen molar-refractivity contribution >= 4 is 11.9 Å². The first-order valence-corrected chi connectivity index (χ1v) is 16.0. The van der Waals surface area contributed by atoms with Crippen LogP contribution in [-0.2, 0) is 28.5 Å². The lowest BCUT2D eigenvalue weighted by molar-refractivity contribution is -0.282. The monoisotopic (exact) mass is 590 g/mol. The molecule has 2 fully saturated rings. The molecule has 1 aliphatic heterocycles. The van der Waals surface area contributed by atoms with Gasteiger partial charge in [0.1, 0.15) is 12.2 Å². The highest BCUT2D eigenvalue weighted by Gasteiger charge is 2.73.